The molecule has 1 aromatic heterocycles. The van der Waals surface area contributed by atoms with Crippen LogP contribution < -0.4 is 4.90 Å². The zero-order valence-corrected chi connectivity index (χ0v) is 13.6. The van der Waals surface area contributed by atoms with Gasteiger partial charge in [0.2, 0.25) is 5.96 Å². The summed E-state index contributed by atoms with van der Waals surface area (Å²) in [5, 5.41) is 0.699. The van der Waals surface area contributed by atoms with Gasteiger partial charge in [0.25, 0.3) is 5.91 Å². The Morgan fingerprint density at radius 2 is 2.00 bits per heavy atom. The van der Waals surface area contributed by atoms with Crippen molar-refractivity contribution in [1.29, 1.82) is 0 Å². The van der Waals surface area contributed by atoms with Crippen molar-refractivity contribution in [3.8, 4) is 0 Å². The molecule has 0 fully saturated rings. The van der Waals surface area contributed by atoms with E-state index in [-0.39, 0.29) is 18.0 Å². The first-order chi connectivity index (χ1) is 11.1. The summed E-state index contributed by atoms with van der Waals surface area (Å²) in [5.41, 5.74) is 1.59. The lowest BCUT2D eigenvalue weighted by atomic mass is 10.1. The maximum absolute atomic E-state index is 12.7. The largest absolute Gasteiger partial charge is 0.339 e. The predicted molar refractivity (Wildman–Crippen MR) is 88.8 cm³/mol. The Morgan fingerprint density at radius 3 is 2.74 bits per heavy atom. The standard InChI is InChI=1S/C16H16ClN5O/c1-9-10(2)22-15(23)13-14(19-8-18-13)21(16(22)20-9)7-11-3-5-12(17)6-4-11/h3-6,8-10H,7H2,1-2H3,(H,18,19)/t9-,10+/m0/s1. The van der Waals surface area contributed by atoms with Gasteiger partial charge in [-0.1, -0.05) is 23.7 Å². The summed E-state index contributed by atoms with van der Waals surface area (Å²) in [5.74, 6) is 1.23. The average Bonchev–Trinajstić information content (AvgIpc) is 3.12. The van der Waals surface area contributed by atoms with E-state index in [1.807, 2.05) is 43.0 Å². The molecular formula is C16H16ClN5O. The Morgan fingerprint density at radius 1 is 1.26 bits per heavy atom. The third kappa shape index (κ3) is 2.13. The highest BCUT2D eigenvalue weighted by atomic mass is 35.5. The molecule has 0 bridgehead atoms. The summed E-state index contributed by atoms with van der Waals surface area (Å²) in [4.78, 5) is 28.4. The number of anilines is 1. The zero-order valence-electron chi connectivity index (χ0n) is 12.8. The number of imidazole rings is 1. The van der Waals surface area contributed by atoms with Gasteiger partial charge in [0.15, 0.2) is 5.82 Å². The molecule has 0 saturated heterocycles. The van der Waals surface area contributed by atoms with E-state index >= 15 is 0 Å². The summed E-state index contributed by atoms with van der Waals surface area (Å²) in [6.45, 7) is 4.61. The van der Waals surface area contributed by atoms with E-state index in [1.54, 1.807) is 11.2 Å². The van der Waals surface area contributed by atoms with Crippen LogP contribution in [0.1, 0.15) is 29.9 Å². The van der Waals surface area contributed by atoms with Crippen LogP contribution in [0.3, 0.4) is 0 Å². The smallest absolute Gasteiger partial charge is 0.281 e. The molecule has 1 amide bonds. The molecule has 1 N–H and O–H groups in total. The van der Waals surface area contributed by atoms with Crippen LogP contribution in [0.5, 0.6) is 0 Å². The van der Waals surface area contributed by atoms with Gasteiger partial charge in [0, 0.05) is 5.02 Å². The molecule has 1 aromatic carbocycles. The number of benzene rings is 1. The highest BCUT2D eigenvalue weighted by Crippen LogP contribution is 2.32. The number of nitrogens with zero attached hydrogens (tertiary/aromatic N) is 4. The van der Waals surface area contributed by atoms with E-state index < -0.39 is 0 Å². The maximum atomic E-state index is 12.7. The number of guanidine groups is 1. The van der Waals surface area contributed by atoms with E-state index in [2.05, 4.69) is 15.0 Å². The Hall–Kier alpha value is -2.34. The van der Waals surface area contributed by atoms with Gasteiger partial charge in [-0.3, -0.25) is 14.6 Å². The van der Waals surface area contributed by atoms with Crippen LogP contribution in [-0.4, -0.2) is 38.8 Å². The summed E-state index contributed by atoms with van der Waals surface area (Å²) in [7, 11) is 0. The van der Waals surface area contributed by atoms with Crippen LogP contribution >= 0.6 is 11.6 Å². The highest BCUT2D eigenvalue weighted by Gasteiger charge is 2.44. The number of rotatable bonds is 2. The molecule has 23 heavy (non-hydrogen) atoms. The molecule has 0 unspecified atom stereocenters. The van der Waals surface area contributed by atoms with Gasteiger partial charge in [0.05, 0.1) is 25.0 Å². The second-order valence-electron chi connectivity index (χ2n) is 5.90. The van der Waals surface area contributed by atoms with Crippen molar-refractivity contribution >= 4 is 29.3 Å². The van der Waals surface area contributed by atoms with Crippen LogP contribution in [-0.2, 0) is 6.54 Å². The number of fused-ring (bicyclic) bond motifs is 2. The first-order valence-corrected chi connectivity index (χ1v) is 7.91. The molecule has 4 rings (SSSR count). The van der Waals surface area contributed by atoms with Gasteiger partial charge in [-0.2, -0.15) is 0 Å². The normalized spacial score (nSPS) is 22.9. The quantitative estimate of drug-likeness (QED) is 0.921. The third-order valence-electron chi connectivity index (χ3n) is 4.44. The van der Waals surface area contributed by atoms with Crippen LogP contribution in [0.2, 0.25) is 5.02 Å². The Balaban J connectivity index is 1.77. The molecule has 7 heteroatoms. The summed E-state index contributed by atoms with van der Waals surface area (Å²) in [6.07, 6.45) is 1.55. The van der Waals surface area contributed by atoms with Crippen molar-refractivity contribution in [3.05, 3.63) is 46.9 Å². The van der Waals surface area contributed by atoms with Crippen LogP contribution in [0.15, 0.2) is 35.6 Å². The van der Waals surface area contributed by atoms with Crippen LogP contribution in [0.25, 0.3) is 0 Å². The number of hydrogen-bond acceptors (Lipinski definition) is 4. The number of carbonyl (C=O) groups is 1. The first kappa shape index (κ1) is 14.3. The van der Waals surface area contributed by atoms with Gasteiger partial charge in [0.1, 0.15) is 5.69 Å². The number of aromatic amines is 1. The molecule has 0 saturated carbocycles. The molecule has 0 radical (unpaired) electrons. The number of carbonyl (C=O) groups excluding carboxylic acids is 1. The molecule has 6 nitrogen and oxygen atoms in total. The van der Waals surface area contributed by atoms with Gasteiger partial charge in [-0.15, -0.1) is 0 Å². The van der Waals surface area contributed by atoms with Crippen molar-refractivity contribution in [2.45, 2.75) is 32.5 Å². The molecule has 2 aliphatic rings. The number of H-pyrrole nitrogens is 1. The number of aromatic nitrogens is 2. The lowest BCUT2D eigenvalue weighted by Gasteiger charge is -2.35. The predicted octanol–water partition coefficient (Wildman–Crippen LogP) is 2.67. The SMILES string of the molecule is C[C@@H]1N=C2N(Cc3ccc(Cl)cc3)c3nc[nH]c3C(=O)N2[C@@H]1C. The fraction of sp³-hybridized carbons (Fsp3) is 0.312. The Bertz CT molecular complexity index is 797. The fourth-order valence-corrected chi connectivity index (χ4v) is 3.13. The number of halogens is 1. The molecule has 2 aromatic rings. The van der Waals surface area contributed by atoms with E-state index in [0.29, 0.717) is 29.0 Å². The number of hydrogen-bond donors (Lipinski definition) is 1. The van der Waals surface area contributed by atoms with E-state index in [0.717, 1.165) is 5.56 Å². The van der Waals surface area contributed by atoms with Gasteiger partial charge in [-0.05, 0) is 31.5 Å². The van der Waals surface area contributed by atoms with E-state index in [9.17, 15) is 4.79 Å². The molecule has 2 atom stereocenters. The zero-order chi connectivity index (χ0) is 16.1. The molecule has 0 spiro atoms. The molecule has 118 valence electrons. The van der Waals surface area contributed by atoms with E-state index in [1.165, 1.54) is 0 Å². The number of amides is 1. The monoisotopic (exact) mass is 329 g/mol. The van der Waals surface area contributed by atoms with Gasteiger partial charge >= 0.3 is 0 Å². The molecule has 3 heterocycles. The summed E-state index contributed by atoms with van der Waals surface area (Å²) < 4.78 is 0. The molecule has 0 aliphatic carbocycles. The molecular weight excluding hydrogens is 314 g/mol. The number of nitrogens with one attached hydrogen (secondary N) is 1. The van der Waals surface area contributed by atoms with Gasteiger partial charge in [-0.25, -0.2) is 9.98 Å². The second-order valence-corrected chi connectivity index (χ2v) is 6.34. The summed E-state index contributed by atoms with van der Waals surface area (Å²) in [6, 6.07) is 7.75. The van der Waals surface area contributed by atoms with Crippen molar-refractivity contribution < 1.29 is 4.79 Å². The van der Waals surface area contributed by atoms with Crippen molar-refractivity contribution in [1.82, 2.24) is 14.9 Å². The summed E-state index contributed by atoms with van der Waals surface area (Å²) >= 11 is 5.96. The highest BCUT2D eigenvalue weighted by molar-refractivity contribution is 6.30. The first-order valence-electron chi connectivity index (χ1n) is 7.53. The fourth-order valence-electron chi connectivity index (χ4n) is 3.01. The lowest BCUT2D eigenvalue weighted by Crippen LogP contribution is -2.52. The van der Waals surface area contributed by atoms with Crippen molar-refractivity contribution in [2.75, 3.05) is 4.90 Å². The Kier molecular flexibility index (Phi) is 3.16. The Labute approximate surface area is 138 Å². The maximum Gasteiger partial charge on any atom is 0.281 e. The van der Waals surface area contributed by atoms with Crippen LogP contribution in [0, 0.1) is 0 Å². The minimum atomic E-state index is -0.0690. The topological polar surface area (TPSA) is 64.6 Å². The third-order valence-corrected chi connectivity index (χ3v) is 4.69. The van der Waals surface area contributed by atoms with Crippen molar-refractivity contribution in [2.24, 2.45) is 4.99 Å². The minimum Gasteiger partial charge on any atom is -0.339 e. The van der Waals surface area contributed by atoms with E-state index in [4.69, 9.17) is 11.6 Å². The number of aliphatic imine (C=N–C) groups is 1. The minimum absolute atomic E-state index is 0.0293. The lowest BCUT2D eigenvalue weighted by molar-refractivity contribution is 0.0803. The second kappa shape index (κ2) is 5.09. The molecule has 2 aliphatic heterocycles. The average molecular weight is 330 g/mol. The van der Waals surface area contributed by atoms with Gasteiger partial charge < -0.3 is 4.98 Å². The van der Waals surface area contributed by atoms with Crippen LogP contribution in [0.4, 0.5) is 5.82 Å². The van der Waals surface area contributed by atoms with Crippen molar-refractivity contribution in [3.63, 3.8) is 0 Å².